The molecule has 668 valence electrons. The number of halogens is 2. The maximum Gasteiger partial charge on any atom is 0.0967 e. The SMILES string of the molecule is C1=C(c2ccccc2)c2ccccc2C1=P(c1ccccc1)(c1ccccc1)c1ccccc1.C1=C(c2ccccc2)c2ccccc2C1=P(c1ccccc1)(c1ccccc1)c1ccccc1.C1=C(c2ccccc2)c2ccccc2C1=P(c1ccccc1)(c1ccccc1)c1ccccc1.C1=C(c2ccccc2)c2ccccc2C1=P(c1ccccc1)(c1ccccc1)c1ccccc1.ClCCl. The molecule has 0 amide bonds. The number of alkyl halides is 2. The van der Waals surface area contributed by atoms with Gasteiger partial charge in [0, 0.05) is 0 Å². The van der Waals surface area contributed by atoms with Crippen LogP contribution >= 0.6 is 50.7 Å². The van der Waals surface area contributed by atoms with E-state index in [2.05, 4.69) is 607 Å². The minimum Gasteiger partial charge on any atom is -0.109 e. The fraction of sp³-hybridized carbons (Fsp3) is 0.00752. The van der Waals surface area contributed by atoms with Crippen molar-refractivity contribution >= 4 is 158 Å². The standard InChI is InChI=1S/4C33H25P.CH2Cl2/c4*1-5-15-26(16-6-1)32-25-33(31-24-14-13-23-30(31)32)34(27-17-7-2-8-18-27,28-19-9-3-10-20-28)29-21-11-4-12-22-29;2-1-3/h4*1-25H;1H2. The van der Waals surface area contributed by atoms with E-state index in [9.17, 15) is 0 Å². The van der Waals surface area contributed by atoms with Crippen molar-refractivity contribution in [2.75, 3.05) is 5.34 Å². The van der Waals surface area contributed by atoms with Gasteiger partial charge >= 0.3 is 0 Å². The summed E-state index contributed by atoms with van der Waals surface area (Å²) in [7, 11) is 0. The Morgan fingerprint density at radius 3 is 0.324 bits per heavy atom. The summed E-state index contributed by atoms with van der Waals surface area (Å²) in [5, 5.41) is 22.4. The Morgan fingerprint density at radius 2 is 0.209 bits per heavy atom. The first-order chi connectivity index (χ1) is 69.0. The molecule has 0 atom stereocenters. The van der Waals surface area contributed by atoms with E-state index in [0.29, 0.717) is 0 Å². The van der Waals surface area contributed by atoms with E-state index in [-0.39, 0.29) is 5.34 Å². The van der Waals surface area contributed by atoms with Crippen molar-refractivity contribution in [1.82, 2.24) is 0 Å². The summed E-state index contributed by atoms with van der Waals surface area (Å²) < 4.78 is 0. The molecule has 20 aromatic rings. The van der Waals surface area contributed by atoms with E-state index in [1.54, 1.807) is 0 Å². The van der Waals surface area contributed by atoms with Crippen molar-refractivity contribution in [3.05, 3.63) is 673 Å². The lowest BCUT2D eigenvalue weighted by molar-refractivity contribution is 1.56. The molecule has 0 saturated carbocycles. The molecule has 0 spiro atoms. The average molecular weight is 1900 g/mol. The molecule has 4 aliphatic carbocycles. The number of hydrogen-bond donors (Lipinski definition) is 0. The zero-order valence-corrected chi connectivity index (χ0v) is 82.1. The molecule has 0 fully saturated rings. The number of fused-ring (bicyclic) bond motifs is 4. The van der Waals surface area contributed by atoms with Gasteiger partial charge in [0.05, 0.1) is 5.34 Å². The van der Waals surface area contributed by atoms with Crippen molar-refractivity contribution in [1.29, 1.82) is 0 Å². The Morgan fingerprint density at radius 1 is 0.115 bits per heavy atom. The minimum atomic E-state index is -2.15. The second-order valence-corrected chi connectivity index (χ2v) is 48.5. The predicted molar refractivity (Wildman–Crippen MR) is 613 cm³/mol. The van der Waals surface area contributed by atoms with Crippen LogP contribution in [0.3, 0.4) is 0 Å². The molecule has 0 unspecified atom stereocenters. The van der Waals surface area contributed by atoms with Crippen LogP contribution in [0.2, 0.25) is 0 Å². The Hall–Kier alpha value is -14.9. The third-order valence-corrected chi connectivity index (χ3v) is 43.8. The number of rotatable bonds is 16. The highest BCUT2D eigenvalue weighted by atomic mass is 35.5. The molecule has 20 aromatic carbocycles. The van der Waals surface area contributed by atoms with E-state index in [0.717, 1.165) is 0 Å². The van der Waals surface area contributed by atoms with E-state index in [1.165, 1.54) is 174 Å². The Kier molecular flexibility index (Phi) is 28.6. The summed E-state index contributed by atoms with van der Waals surface area (Å²) in [5.74, 6) is 0. The fourth-order valence-corrected chi connectivity index (χ4v) is 38.6. The van der Waals surface area contributed by atoms with E-state index in [1.807, 2.05) is 0 Å². The largest absolute Gasteiger partial charge is 0.109 e. The first-order valence-corrected chi connectivity index (χ1v) is 55.5. The maximum absolute atomic E-state index is 4.76. The van der Waals surface area contributed by atoms with Crippen molar-refractivity contribution in [2.24, 2.45) is 0 Å². The second kappa shape index (κ2) is 43.2. The lowest BCUT2D eigenvalue weighted by atomic mass is 9.99. The predicted octanol–water partition coefficient (Wildman–Crippen LogP) is 28.0. The van der Waals surface area contributed by atoms with Gasteiger partial charge < -0.3 is 0 Å². The van der Waals surface area contributed by atoms with E-state index < -0.39 is 27.5 Å². The summed E-state index contributed by atoms with van der Waals surface area (Å²) >= 11 is 9.53. The van der Waals surface area contributed by atoms with Crippen LogP contribution in [-0.2, 0) is 0 Å². The molecule has 0 heterocycles. The Bertz CT molecular complexity index is 6630. The minimum absolute atomic E-state index is 0.194. The molecular weight excluding hydrogens is 1790 g/mol. The van der Waals surface area contributed by atoms with Crippen molar-refractivity contribution in [3.63, 3.8) is 0 Å². The second-order valence-electron chi connectivity index (χ2n) is 34.2. The summed E-state index contributed by atoms with van der Waals surface area (Å²) in [6.45, 7) is -8.60. The smallest absolute Gasteiger partial charge is 0.0967 e. The molecule has 0 radical (unpaired) electrons. The van der Waals surface area contributed by atoms with Gasteiger partial charge in [-0.2, -0.15) is 0 Å². The van der Waals surface area contributed by atoms with Gasteiger partial charge in [0.2, 0.25) is 0 Å². The van der Waals surface area contributed by atoms with Crippen LogP contribution in [0.1, 0.15) is 66.8 Å². The van der Waals surface area contributed by atoms with Gasteiger partial charge in [0.1, 0.15) is 0 Å². The molecule has 0 aliphatic heterocycles. The fourth-order valence-electron chi connectivity index (χ4n) is 20.7. The maximum atomic E-state index is 4.76. The zero-order valence-electron chi connectivity index (χ0n) is 77.0. The third-order valence-electron chi connectivity index (χ3n) is 26.6. The van der Waals surface area contributed by atoms with E-state index >= 15 is 0 Å². The topological polar surface area (TPSA) is 0 Å². The van der Waals surface area contributed by atoms with Crippen molar-refractivity contribution in [2.45, 2.75) is 0 Å². The number of allylic oxidation sites excluding steroid dienone is 4. The highest BCUT2D eigenvalue weighted by Gasteiger charge is 2.39. The van der Waals surface area contributed by atoms with Gasteiger partial charge in [-0.1, -0.05) is 582 Å². The highest BCUT2D eigenvalue weighted by molar-refractivity contribution is 7.97. The Labute approximate surface area is 829 Å². The van der Waals surface area contributed by atoms with Crippen LogP contribution in [0, 0.1) is 0 Å². The van der Waals surface area contributed by atoms with Crippen LogP contribution in [0.25, 0.3) is 22.3 Å². The third kappa shape index (κ3) is 18.0. The van der Waals surface area contributed by atoms with Gasteiger partial charge in [-0.15, -0.1) is 23.2 Å². The molecule has 0 N–H and O–H groups in total. The van der Waals surface area contributed by atoms with Gasteiger partial charge in [-0.05, 0) is 226 Å². The molecular formula is C133H102Cl2P4. The van der Waals surface area contributed by atoms with Crippen molar-refractivity contribution in [3.8, 4) is 0 Å². The van der Waals surface area contributed by atoms with Gasteiger partial charge in [0.25, 0.3) is 0 Å². The quantitative estimate of drug-likeness (QED) is 0.0668. The molecule has 0 aromatic heterocycles. The van der Waals surface area contributed by atoms with Gasteiger partial charge in [-0.25, -0.2) is 0 Å². The molecule has 6 heteroatoms. The van der Waals surface area contributed by atoms with E-state index in [4.69, 9.17) is 23.2 Å². The Balaban J connectivity index is 0.000000113. The monoisotopic (exact) mass is 1890 g/mol. The van der Waals surface area contributed by atoms with Gasteiger partial charge in [0.15, 0.2) is 0 Å². The summed E-state index contributed by atoms with van der Waals surface area (Å²) in [5.41, 5.74) is 20.9. The number of hydrogen-bond acceptors (Lipinski definition) is 0. The highest BCUT2D eigenvalue weighted by Crippen LogP contribution is 2.57. The first-order valence-electron chi connectivity index (χ1n) is 47.3. The molecule has 4 aliphatic rings. The zero-order chi connectivity index (χ0) is 93.9. The van der Waals surface area contributed by atoms with Crippen LogP contribution in [0.4, 0.5) is 0 Å². The first kappa shape index (κ1) is 91.9. The van der Waals surface area contributed by atoms with Crippen molar-refractivity contribution < 1.29 is 0 Å². The molecule has 139 heavy (non-hydrogen) atoms. The summed E-state index contributed by atoms with van der Waals surface area (Å²) in [6.07, 6.45) is 9.89. The normalized spacial score (nSPS) is 12.7. The summed E-state index contributed by atoms with van der Waals surface area (Å²) in [6, 6.07) is 212. The lowest BCUT2D eigenvalue weighted by Gasteiger charge is -2.31. The molecule has 0 nitrogen and oxygen atoms in total. The van der Waals surface area contributed by atoms with Crippen LogP contribution in [0.5, 0.6) is 0 Å². The molecule has 24 rings (SSSR count). The van der Waals surface area contributed by atoms with Crippen LogP contribution < -0.4 is 63.7 Å². The summed E-state index contributed by atoms with van der Waals surface area (Å²) in [4.78, 5) is 0. The molecule has 0 bridgehead atoms. The number of benzene rings is 20. The lowest BCUT2D eigenvalue weighted by Crippen LogP contribution is -2.29. The van der Waals surface area contributed by atoms with Crippen LogP contribution in [-0.4, -0.2) is 26.5 Å². The van der Waals surface area contributed by atoms with Gasteiger partial charge in [-0.3, -0.25) is 0 Å². The average Bonchev–Trinajstić information content (AvgIpc) is 1.33. The van der Waals surface area contributed by atoms with Crippen LogP contribution in [0.15, 0.2) is 607 Å². The molecule has 0 saturated heterocycles.